The van der Waals surface area contributed by atoms with Crippen molar-refractivity contribution >= 4 is 11.6 Å². The fourth-order valence-corrected chi connectivity index (χ4v) is 1.42. The molecule has 1 aromatic heterocycles. The number of benzene rings is 1. The largest absolute Gasteiger partial charge is 0.326 e. The van der Waals surface area contributed by atoms with Gasteiger partial charge in [-0.05, 0) is 18.2 Å². The molecule has 4 heteroatoms. The minimum absolute atomic E-state index is 0.0835. The van der Waals surface area contributed by atoms with E-state index < -0.39 is 0 Å². The summed E-state index contributed by atoms with van der Waals surface area (Å²) in [6.07, 6.45) is 3.19. The molecule has 2 rings (SSSR count). The molecule has 0 saturated heterocycles. The van der Waals surface area contributed by atoms with E-state index in [4.69, 9.17) is 0 Å². The average molecular weight is 213 g/mol. The number of nitrogens with one attached hydrogen (secondary N) is 1. The van der Waals surface area contributed by atoms with Gasteiger partial charge in [-0.1, -0.05) is 12.1 Å². The van der Waals surface area contributed by atoms with E-state index in [0.717, 1.165) is 16.9 Å². The van der Waals surface area contributed by atoms with E-state index in [1.807, 2.05) is 30.3 Å². The van der Waals surface area contributed by atoms with Gasteiger partial charge >= 0.3 is 0 Å². The van der Waals surface area contributed by atoms with Gasteiger partial charge in [0, 0.05) is 24.4 Å². The Morgan fingerprint density at radius 1 is 1.31 bits per heavy atom. The second-order valence-corrected chi connectivity index (χ2v) is 3.36. The van der Waals surface area contributed by atoms with Crippen molar-refractivity contribution in [3.8, 4) is 11.3 Å². The first-order valence-corrected chi connectivity index (χ1v) is 4.90. The summed E-state index contributed by atoms with van der Waals surface area (Å²) in [5.41, 5.74) is 2.56. The Labute approximate surface area is 93.4 Å². The normalized spacial score (nSPS) is 9.81. The molecule has 2 aromatic rings. The molecule has 1 aromatic carbocycles. The standard InChI is InChI=1S/C12H11N3O/c1-9(16)15-11-4-2-3-10(7-11)12-5-6-13-8-14-12/h2-8H,1H3,(H,15,16). The fraction of sp³-hybridized carbons (Fsp3) is 0.0833. The Hall–Kier alpha value is -2.23. The molecular formula is C12H11N3O. The lowest BCUT2D eigenvalue weighted by molar-refractivity contribution is -0.114. The Balaban J connectivity index is 2.33. The van der Waals surface area contributed by atoms with Crippen LogP contribution in [0.5, 0.6) is 0 Å². The highest BCUT2D eigenvalue weighted by atomic mass is 16.1. The van der Waals surface area contributed by atoms with Crippen LogP contribution in [-0.4, -0.2) is 15.9 Å². The molecule has 0 aliphatic heterocycles. The molecule has 16 heavy (non-hydrogen) atoms. The van der Waals surface area contributed by atoms with Gasteiger partial charge in [0.2, 0.25) is 5.91 Å². The Bertz CT molecular complexity index is 497. The summed E-state index contributed by atoms with van der Waals surface area (Å²) in [6.45, 7) is 1.48. The van der Waals surface area contributed by atoms with Crippen molar-refractivity contribution in [1.82, 2.24) is 9.97 Å². The molecule has 0 spiro atoms. The van der Waals surface area contributed by atoms with Gasteiger partial charge in [0.25, 0.3) is 0 Å². The number of rotatable bonds is 2. The molecule has 0 aliphatic rings. The highest BCUT2D eigenvalue weighted by Gasteiger charge is 2.00. The minimum Gasteiger partial charge on any atom is -0.326 e. The van der Waals surface area contributed by atoms with E-state index >= 15 is 0 Å². The van der Waals surface area contributed by atoms with Gasteiger partial charge in [-0.3, -0.25) is 4.79 Å². The zero-order valence-corrected chi connectivity index (χ0v) is 8.84. The topological polar surface area (TPSA) is 54.9 Å². The second kappa shape index (κ2) is 4.53. The molecule has 1 amide bonds. The molecule has 0 aliphatic carbocycles. The zero-order chi connectivity index (χ0) is 11.4. The third kappa shape index (κ3) is 2.42. The number of hydrogen-bond acceptors (Lipinski definition) is 3. The maximum absolute atomic E-state index is 10.9. The molecule has 0 bridgehead atoms. The lowest BCUT2D eigenvalue weighted by Crippen LogP contribution is -2.05. The van der Waals surface area contributed by atoms with Crippen LogP contribution in [0.4, 0.5) is 5.69 Å². The Kier molecular flexibility index (Phi) is 2.91. The summed E-state index contributed by atoms with van der Waals surface area (Å²) in [4.78, 5) is 18.9. The van der Waals surface area contributed by atoms with Crippen LogP contribution in [0.25, 0.3) is 11.3 Å². The van der Waals surface area contributed by atoms with Gasteiger partial charge in [0.1, 0.15) is 6.33 Å². The number of amides is 1. The molecule has 0 unspecified atom stereocenters. The quantitative estimate of drug-likeness (QED) is 0.831. The van der Waals surface area contributed by atoms with Crippen LogP contribution < -0.4 is 5.32 Å². The summed E-state index contributed by atoms with van der Waals surface area (Å²) >= 11 is 0. The van der Waals surface area contributed by atoms with Crippen LogP contribution in [0.1, 0.15) is 6.92 Å². The van der Waals surface area contributed by atoms with Crippen LogP contribution in [0.2, 0.25) is 0 Å². The van der Waals surface area contributed by atoms with Crippen LogP contribution >= 0.6 is 0 Å². The molecule has 4 nitrogen and oxygen atoms in total. The summed E-state index contributed by atoms with van der Waals surface area (Å²) in [6, 6.07) is 9.36. The first-order chi connectivity index (χ1) is 7.75. The van der Waals surface area contributed by atoms with Crippen molar-refractivity contribution in [2.24, 2.45) is 0 Å². The maximum atomic E-state index is 10.9. The van der Waals surface area contributed by atoms with Crippen LogP contribution in [0.3, 0.4) is 0 Å². The van der Waals surface area contributed by atoms with Gasteiger partial charge in [-0.2, -0.15) is 0 Å². The fourth-order valence-electron chi connectivity index (χ4n) is 1.42. The Morgan fingerprint density at radius 3 is 2.88 bits per heavy atom. The molecule has 1 N–H and O–H groups in total. The van der Waals surface area contributed by atoms with Crippen LogP contribution in [0, 0.1) is 0 Å². The predicted molar refractivity (Wildman–Crippen MR) is 61.8 cm³/mol. The van der Waals surface area contributed by atoms with E-state index in [-0.39, 0.29) is 5.91 Å². The summed E-state index contributed by atoms with van der Waals surface area (Å²) in [5.74, 6) is -0.0835. The molecule has 1 heterocycles. The maximum Gasteiger partial charge on any atom is 0.221 e. The van der Waals surface area contributed by atoms with Crippen molar-refractivity contribution in [3.63, 3.8) is 0 Å². The number of hydrogen-bond donors (Lipinski definition) is 1. The van der Waals surface area contributed by atoms with Crippen LogP contribution in [0.15, 0.2) is 42.9 Å². The molecule has 80 valence electrons. The van der Waals surface area contributed by atoms with E-state index in [1.54, 1.807) is 6.20 Å². The average Bonchev–Trinajstić information content (AvgIpc) is 2.30. The lowest BCUT2D eigenvalue weighted by atomic mass is 10.1. The zero-order valence-electron chi connectivity index (χ0n) is 8.84. The summed E-state index contributed by atoms with van der Waals surface area (Å²) in [7, 11) is 0. The molecule has 0 saturated carbocycles. The molecule has 0 radical (unpaired) electrons. The number of nitrogens with zero attached hydrogens (tertiary/aromatic N) is 2. The van der Waals surface area contributed by atoms with Gasteiger partial charge in [0.15, 0.2) is 0 Å². The highest BCUT2D eigenvalue weighted by Crippen LogP contribution is 2.19. The minimum atomic E-state index is -0.0835. The van der Waals surface area contributed by atoms with E-state index in [0.29, 0.717) is 0 Å². The van der Waals surface area contributed by atoms with E-state index in [1.165, 1.54) is 13.3 Å². The van der Waals surface area contributed by atoms with Crippen molar-refractivity contribution in [2.75, 3.05) is 5.32 Å². The third-order valence-electron chi connectivity index (χ3n) is 2.06. The number of carbonyl (C=O) groups excluding carboxylic acids is 1. The Morgan fingerprint density at radius 2 is 2.19 bits per heavy atom. The lowest BCUT2D eigenvalue weighted by Gasteiger charge is -2.04. The van der Waals surface area contributed by atoms with Crippen molar-refractivity contribution in [1.29, 1.82) is 0 Å². The SMILES string of the molecule is CC(=O)Nc1cccc(-c2ccncn2)c1. The third-order valence-corrected chi connectivity index (χ3v) is 2.06. The van der Waals surface area contributed by atoms with Crippen molar-refractivity contribution in [2.45, 2.75) is 6.92 Å². The van der Waals surface area contributed by atoms with Crippen molar-refractivity contribution < 1.29 is 4.79 Å². The molecule has 0 atom stereocenters. The van der Waals surface area contributed by atoms with Crippen LogP contribution in [-0.2, 0) is 4.79 Å². The molecular weight excluding hydrogens is 202 g/mol. The second-order valence-electron chi connectivity index (χ2n) is 3.36. The first-order valence-electron chi connectivity index (χ1n) is 4.90. The number of anilines is 1. The van der Waals surface area contributed by atoms with E-state index in [2.05, 4.69) is 15.3 Å². The first kappa shape index (κ1) is 10.3. The van der Waals surface area contributed by atoms with Gasteiger partial charge in [-0.25, -0.2) is 9.97 Å². The highest BCUT2D eigenvalue weighted by molar-refractivity contribution is 5.89. The monoisotopic (exact) mass is 213 g/mol. The van der Waals surface area contributed by atoms with E-state index in [9.17, 15) is 4.79 Å². The van der Waals surface area contributed by atoms with Gasteiger partial charge in [0.05, 0.1) is 5.69 Å². The summed E-state index contributed by atoms with van der Waals surface area (Å²) in [5, 5.41) is 2.73. The van der Waals surface area contributed by atoms with Gasteiger partial charge in [-0.15, -0.1) is 0 Å². The van der Waals surface area contributed by atoms with Gasteiger partial charge < -0.3 is 5.32 Å². The predicted octanol–water partition coefficient (Wildman–Crippen LogP) is 2.10. The number of aromatic nitrogens is 2. The summed E-state index contributed by atoms with van der Waals surface area (Å²) < 4.78 is 0. The number of carbonyl (C=O) groups is 1. The smallest absolute Gasteiger partial charge is 0.221 e. The van der Waals surface area contributed by atoms with Crippen molar-refractivity contribution in [3.05, 3.63) is 42.9 Å². The molecule has 0 fully saturated rings.